The molecule has 0 aliphatic carbocycles. The summed E-state index contributed by atoms with van der Waals surface area (Å²) < 4.78 is 1.45. The highest BCUT2D eigenvalue weighted by Crippen LogP contribution is 1.95. The molecular formula is C10H13N3O. The molecule has 0 aliphatic heterocycles. The molecule has 0 saturated carbocycles. The smallest absolute Gasteiger partial charge is 0.266 e. The van der Waals surface area contributed by atoms with Crippen LogP contribution in [0, 0.1) is 18.3 Å². The minimum Gasteiger partial charge on any atom is -0.268 e. The Kier molecular flexibility index (Phi) is 3.86. The highest BCUT2D eigenvalue weighted by atomic mass is 16.1. The molecule has 14 heavy (non-hydrogen) atoms. The van der Waals surface area contributed by atoms with Gasteiger partial charge in [-0.2, -0.15) is 10.4 Å². The first-order valence-corrected chi connectivity index (χ1v) is 4.66. The number of rotatable bonds is 4. The van der Waals surface area contributed by atoms with Crippen LogP contribution in [-0.2, 0) is 6.54 Å². The minimum absolute atomic E-state index is 0.0763. The number of aryl methyl sites for hydroxylation is 2. The zero-order chi connectivity index (χ0) is 10.4. The maximum Gasteiger partial charge on any atom is 0.266 e. The molecule has 0 bridgehead atoms. The standard InChI is InChI=1S/C10H13N3O/c1-9-5-6-10(14)13(12-9)8-4-2-3-7-11/h5-6H,2-4,8H2,1H3. The molecule has 0 N–H and O–H groups in total. The Bertz CT molecular complexity index is 389. The molecule has 0 aliphatic rings. The summed E-state index contributed by atoms with van der Waals surface area (Å²) in [4.78, 5) is 11.3. The Balaban J connectivity index is 2.55. The van der Waals surface area contributed by atoms with Gasteiger partial charge in [-0.1, -0.05) is 0 Å². The van der Waals surface area contributed by atoms with Crippen LogP contribution in [0.4, 0.5) is 0 Å². The number of nitriles is 1. The van der Waals surface area contributed by atoms with Gasteiger partial charge in [-0.05, 0) is 25.8 Å². The van der Waals surface area contributed by atoms with Crippen molar-refractivity contribution in [3.05, 3.63) is 28.2 Å². The lowest BCUT2D eigenvalue weighted by molar-refractivity contribution is 0.529. The third kappa shape index (κ3) is 3.02. The monoisotopic (exact) mass is 191 g/mol. The van der Waals surface area contributed by atoms with Gasteiger partial charge < -0.3 is 0 Å². The molecule has 1 aromatic rings. The number of aromatic nitrogens is 2. The Morgan fingerprint density at radius 3 is 3.00 bits per heavy atom. The fraction of sp³-hybridized carbons (Fsp3) is 0.500. The molecule has 0 spiro atoms. The van der Waals surface area contributed by atoms with Gasteiger partial charge >= 0.3 is 0 Å². The number of nitrogens with zero attached hydrogens (tertiary/aromatic N) is 3. The number of unbranched alkanes of at least 4 members (excludes halogenated alkanes) is 2. The molecule has 1 rings (SSSR count). The van der Waals surface area contributed by atoms with Crippen molar-refractivity contribution in [1.29, 1.82) is 5.26 Å². The van der Waals surface area contributed by atoms with Crippen molar-refractivity contribution in [3.8, 4) is 6.07 Å². The SMILES string of the molecule is Cc1ccc(=O)n(CCCCC#N)n1. The second-order valence-corrected chi connectivity index (χ2v) is 3.15. The largest absolute Gasteiger partial charge is 0.268 e. The lowest BCUT2D eigenvalue weighted by atomic mass is 10.2. The third-order valence-electron chi connectivity index (χ3n) is 1.91. The van der Waals surface area contributed by atoms with Crippen molar-refractivity contribution in [2.24, 2.45) is 0 Å². The van der Waals surface area contributed by atoms with Gasteiger partial charge in [0.15, 0.2) is 0 Å². The van der Waals surface area contributed by atoms with Crippen LogP contribution >= 0.6 is 0 Å². The maximum absolute atomic E-state index is 11.3. The van der Waals surface area contributed by atoms with E-state index in [0.717, 1.165) is 18.5 Å². The zero-order valence-electron chi connectivity index (χ0n) is 8.23. The van der Waals surface area contributed by atoms with Crippen molar-refractivity contribution in [1.82, 2.24) is 9.78 Å². The number of hydrogen-bond donors (Lipinski definition) is 0. The van der Waals surface area contributed by atoms with E-state index in [-0.39, 0.29) is 5.56 Å². The van der Waals surface area contributed by atoms with E-state index in [4.69, 9.17) is 5.26 Å². The summed E-state index contributed by atoms with van der Waals surface area (Å²) in [5.41, 5.74) is 0.762. The fourth-order valence-corrected chi connectivity index (χ4v) is 1.18. The van der Waals surface area contributed by atoms with Gasteiger partial charge in [0.1, 0.15) is 0 Å². The lowest BCUT2D eigenvalue weighted by Gasteiger charge is -2.03. The van der Waals surface area contributed by atoms with E-state index >= 15 is 0 Å². The normalized spacial score (nSPS) is 9.71. The predicted octanol–water partition coefficient (Wildman–Crippen LogP) is 1.25. The molecule has 0 atom stereocenters. The molecule has 74 valence electrons. The van der Waals surface area contributed by atoms with Crippen LogP contribution in [0.5, 0.6) is 0 Å². The molecule has 0 amide bonds. The maximum atomic E-state index is 11.3. The van der Waals surface area contributed by atoms with Crippen molar-refractivity contribution in [2.45, 2.75) is 32.7 Å². The lowest BCUT2D eigenvalue weighted by Crippen LogP contribution is -2.22. The van der Waals surface area contributed by atoms with Crippen LogP contribution < -0.4 is 5.56 Å². The topological polar surface area (TPSA) is 58.7 Å². The molecule has 0 saturated heterocycles. The average Bonchev–Trinajstić information content (AvgIpc) is 2.18. The molecule has 0 fully saturated rings. The molecule has 0 radical (unpaired) electrons. The minimum atomic E-state index is -0.0763. The van der Waals surface area contributed by atoms with Gasteiger partial charge in [-0.3, -0.25) is 4.79 Å². The van der Waals surface area contributed by atoms with Gasteiger partial charge in [0.05, 0.1) is 11.8 Å². The third-order valence-corrected chi connectivity index (χ3v) is 1.91. The van der Waals surface area contributed by atoms with E-state index in [1.165, 1.54) is 10.7 Å². The van der Waals surface area contributed by atoms with Gasteiger partial charge in [-0.15, -0.1) is 0 Å². The van der Waals surface area contributed by atoms with E-state index < -0.39 is 0 Å². The summed E-state index contributed by atoms with van der Waals surface area (Å²) in [6.07, 6.45) is 2.18. The summed E-state index contributed by atoms with van der Waals surface area (Å²) >= 11 is 0. The quantitative estimate of drug-likeness (QED) is 0.673. The number of hydrogen-bond acceptors (Lipinski definition) is 3. The first kappa shape index (κ1) is 10.5. The van der Waals surface area contributed by atoms with Crippen LogP contribution in [-0.4, -0.2) is 9.78 Å². The van der Waals surface area contributed by atoms with Crippen molar-refractivity contribution in [3.63, 3.8) is 0 Å². The first-order chi connectivity index (χ1) is 6.74. The van der Waals surface area contributed by atoms with Crippen LogP contribution in [0.1, 0.15) is 25.0 Å². The average molecular weight is 191 g/mol. The fourth-order valence-electron chi connectivity index (χ4n) is 1.18. The Morgan fingerprint density at radius 2 is 2.29 bits per heavy atom. The van der Waals surface area contributed by atoms with Crippen molar-refractivity contribution in [2.75, 3.05) is 0 Å². The van der Waals surface area contributed by atoms with Crippen LogP contribution in [0.15, 0.2) is 16.9 Å². The first-order valence-electron chi connectivity index (χ1n) is 4.66. The summed E-state index contributed by atoms with van der Waals surface area (Å²) in [7, 11) is 0. The highest BCUT2D eigenvalue weighted by Gasteiger charge is 1.96. The molecular weight excluding hydrogens is 178 g/mol. The van der Waals surface area contributed by atoms with Gasteiger partial charge in [0.25, 0.3) is 5.56 Å². The molecule has 0 aromatic carbocycles. The summed E-state index contributed by atoms with van der Waals surface area (Å²) in [5.74, 6) is 0. The van der Waals surface area contributed by atoms with E-state index in [1.54, 1.807) is 6.07 Å². The summed E-state index contributed by atoms with van der Waals surface area (Å²) in [6.45, 7) is 2.45. The predicted molar refractivity (Wildman–Crippen MR) is 52.7 cm³/mol. The molecule has 4 heteroatoms. The van der Waals surface area contributed by atoms with Crippen LogP contribution in [0.25, 0.3) is 0 Å². The Morgan fingerprint density at radius 1 is 1.50 bits per heavy atom. The van der Waals surface area contributed by atoms with E-state index in [0.29, 0.717) is 13.0 Å². The van der Waals surface area contributed by atoms with Gasteiger partial charge in [-0.25, -0.2) is 4.68 Å². The van der Waals surface area contributed by atoms with Gasteiger partial charge in [0.2, 0.25) is 0 Å². The van der Waals surface area contributed by atoms with E-state index in [1.807, 2.05) is 6.92 Å². The van der Waals surface area contributed by atoms with E-state index in [9.17, 15) is 4.79 Å². The van der Waals surface area contributed by atoms with Crippen molar-refractivity contribution >= 4 is 0 Å². The van der Waals surface area contributed by atoms with Crippen LogP contribution in [0.3, 0.4) is 0 Å². The second-order valence-electron chi connectivity index (χ2n) is 3.15. The van der Waals surface area contributed by atoms with Crippen molar-refractivity contribution < 1.29 is 0 Å². The molecule has 4 nitrogen and oxygen atoms in total. The molecule has 1 aromatic heterocycles. The second kappa shape index (κ2) is 5.18. The summed E-state index contributed by atoms with van der Waals surface area (Å²) in [6, 6.07) is 5.30. The Hall–Kier alpha value is -1.63. The molecule has 1 heterocycles. The van der Waals surface area contributed by atoms with Crippen LogP contribution in [0.2, 0.25) is 0 Å². The van der Waals surface area contributed by atoms with Gasteiger partial charge in [0, 0.05) is 19.0 Å². The van der Waals surface area contributed by atoms with E-state index in [2.05, 4.69) is 11.2 Å². The zero-order valence-corrected chi connectivity index (χ0v) is 8.23. The Labute approximate surface area is 82.8 Å². The highest BCUT2D eigenvalue weighted by molar-refractivity contribution is 4.96. The molecule has 0 unspecified atom stereocenters. The summed E-state index contributed by atoms with van der Waals surface area (Å²) in [5, 5.41) is 12.4.